The molecule has 4 heteroatoms. The molecule has 0 atom stereocenters. The fraction of sp³-hybridized carbons (Fsp3) is 0.412. The van der Waals surface area contributed by atoms with Gasteiger partial charge in [0.05, 0.1) is 6.54 Å². The number of rotatable bonds is 5. The molecule has 0 radical (unpaired) electrons. The van der Waals surface area contributed by atoms with Crippen molar-refractivity contribution in [1.82, 2.24) is 10.6 Å². The van der Waals surface area contributed by atoms with E-state index in [1.807, 2.05) is 18.2 Å². The van der Waals surface area contributed by atoms with Gasteiger partial charge in [0.2, 0.25) is 5.91 Å². The molecular formula is C17H20N2O2. The fourth-order valence-corrected chi connectivity index (χ4v) is 2.46. The maximum atomic E-state index is 12.2. The molecule has 2 N–H and O–H groups in total. The van der Waals surface area contributed by atoms with Gasteiger partial charge < -0.3 is 10.6 Å². The first-order valence-electron chi connectivity index (χ1n) is 7.26. The van der Waals surface area contributed by atoms with Gasteiger partial charge in [0.25, 0.3) is 0 Å². The Bertz CT molecular complexity index is 573. The summed E-state index contributed by atoms with van der Waals surface area (Å²) in [5.41, 5.74) is 3.24. The molecule has 0 aliphatic carbocycles. The first-order valence-corrected chi connectivity index (χ1v) is 7.26. The second kappa shape index (κ2) is 7.61. The number of carbonyl (C=O) groups is 2. The molecule has 4 nitrogen and oxygen atoms in total. The van der Waals surface area contributed by atoms with E-state index in [1.165, 1.54) is 11.1 Å². The number of nitrogens with one attached hydrogen (secondary N) is 2. The van der Waals surface area contributed by atoms with Gasteiger partial charge in [-0.1, -0.05) is 18.1 Å². The standard InChI is InChI=1S/C17H20N2O2/c1-2-9-19-17(21)6-5-16(20)15-4-3-13-7-10-18-11-8-14(13)12-15/h1,3-4,12,18H,5-11H2,(H,19,21). The summed E-state index contributed by atoms with van der Waals surface area (Å²) in [5.74, 6) is 2.16. The summed E-state index contributed by atoms with van der Waals surface area (Å²) < 4.78 is 0. The van der Waals surface area contributed by atoms with E-state index in [4.69, 9.17) is 6.42 Å². The normalized spacial score (nSPS) is 13.7. The molecule has 0 aromatic heterocycles. The van der Waals surface area contributed by atoms with Crippen LogP contribution in [0.15, 0.2) is 18.2 Å². The number of hydrogen-bond donors (Lipinski definition) is 2. The third-order valence-corrected chi connectivity index (χ3v) is 3.64. The van der Waals surface area contributed by atoms with Crippen molar-refractivity contribution in [2.75, 3.05) is 19.6 Å². The number of hydrogen-bond acceptors (Lipinski definition) is 3. The van der Waals surface area contributed by atoms with E-state index in [9.17, 15) is 9.59 Å². The van der Waals surface area contributed by atoms with Crippen LogP contribution in [-0.4, -0.2) is 31.3 Å². The molecule has 0 saturated heterocycles. The van der Waals surface area contributed by atoms with Crippen molar-refractivity contribution in [1.29, 1.82) is 0 Å². The molecule has 1 aliphatic heterocycles. The summed E-state index contributed by atoms with van der Waals surface area (Å²) in [7, 11) is 0. The van der Waals surface area contributed by atoms with Crippen LogP contribution in [0, 0.1) is 12.3 Å². The quantitative estimate of drug-likeness (QED) is 0.628. The minimum atomic E-state index is -0.180. The molecule has 0 spiro atoms. The molecule has 1 aromatic rings. The Morgan fingerprint density at radius 2 is 1.95 bits per heavy atom. The number of Topliss-reactive ketones (excluding diaryl/α,β-unsaturated/α-hetero) is 1. The first kappa shape index (κ1) is 15.3. The topological polar surface area (TPSA) is 58.2 Å². The van der Waals surface area contributed by atoms with Crippen molar-refractivity contribution in [2.45, 2.75) is 25.7 Å². The molecule has 0 bridgehead atoms. The van der Waals surface area contributed by atoms with Crippen molar-refractivity contribution in [3.05, 3.63) is 34.9 Å². The average molecular weight is 284 g/mol. The Morgan fingerprint density at radius 3 is 2.71 bits per heavy atom. The Kier molecular flexibility index (Phi) is 5.53. The lowest BCUT2D eigenvalue weighted by Gasteiger charge is -2.08. The molecule has 0 fully saturated rings. The van der Waals surface area contributed by atoms with E-state index >= 15 is 0 Å². The van der Waals surface area contributed by atoms with Crippen molar-refractivity contribution >= 4 is 11.7 Å². The highest BCUT2D eigenvalue weighted by Crippen LogP contribution is 2.17. The number of ketones is 1. The van der Waals surface area contributed by atoms with Crippen LogP contribution in [0.5, 0.6) is 0 Å². The highest BCUT2D eigenvalue weighted by molar-refractivity contribution is 5.98. The van der Waals surface area contributed by atoms with Gasteiger partial charge in [0, 0.05) is 18.4 Å². The maximum absolute atomic E-state index is 12.2. The first-order chi connectivity index (χ1) is 10.2. The van der Waals surface area contributed by atoms with Gasteiger partial charge in [0.15, 0.2) is 5.78 Å². The van der Waals surface area contributed by atoms with Crippen LogP contribution in [0.4, 0.5) is 0 Å². The highest BCUT2D eigenvalue weighted by Gasteiger charge is 2.13. The summed E-state index contributed by atoms with van der Waals surface area (Å²) in [6, 6.07) is 5.88. The van der Waals surface area contributed by atoms with Crippen molar-refractivity contribution in [3.8, 4) is 12.3 Å². The van der Waals surface area contributed by atoms with Gasteiger partial charge in [-0.25, -0.2) is 0 Å². The lowest BCUT2D eigenvalue weighted by Crippen LogP contribution is -2.23. The lowest BCUT2D eigenvalue weighted by molar-refractivity contribution is -0.120. The highest BCUT2D eigenvalue weighted by atomic mass is 16.2. The number of benzene rings is 1. The molecule has 1 aliphatic rings. The number of fused-ring (bicyclic) bond motifs is 1. The Balaban J connectivity index is 1.95. The van der Waals surface area contributed by atoms with Crippen LogP contribution in [0.2, 0.25) is 0 Å². The SMILES string of the molecule is C#CCNC(=O)CCC(=O)c1ccc2c(c1)CCNCC2. The van der Waals surface area contributed by atoms with Crippen LogP contribution >= 0.6 is 0 Å². The zero-order valence-corrected chi connectivity index (χ0v) is 12.1. The van der Waals surface area contributed by atoms with Crippen LogP contribution in [0.1, 0.15) is 34.3 Å². The summed E-state index contributed by atoms with van der Waals surface area (Å²) in [6.45, 7) is 2.13. The van der Waals surface area contributed by atoms with Crippen molar-refractivity contribution in [2.24, 2.45) is 0 Å². The summed E-state index contributed by atoms with van der Waals surface area (Å²) in [4.78, 5) is 23.6. The monoisotopic (exact) mass is 284 g/mol. The van der Waals surface area contributed by atoms with E-state index in [1.54, 1.807) is 0 Å². The molecule has 1 heterocycles. The van der Waals surface area contributed by atoms with E-state index in [-0.39, 0.29) is 31.1 Å². The summed E-state index contributed by atoms with van der Waals surface area (Å²) in [6.07, 6.45) is 7.40. The lowest BCUT2D eigenvalue weighted by atomic mass is 9.97. The van der Waals surface area contributed by atoms with Crippen LogP contribution < -0.4 is 10.6 Å². The molecule has 0 saturated carbocycles. The molecule has 21 heavy (non-hydrogen) atoms. The second-order valence-corrected chi connectivity index (χ2v) is 5.14. The van der Waals surface area contributed by atoms with E-state index in [2.05, 4.69) is 16.6 Å². The van der Waals surface area contributed by atoms with Gasteiger partial charge in [-0.15, -0.1) is 6.42 Å². The summed E-state index contributed by atoms with van der Waals surface area (Å²) in [5, 5.41) is 5.91. The van der Waals surface area contributed by atoms with Crippen LogP contribution in [0.25, 0.3) is 0 Å². The van der Waals surface area contributed by atoms with Crippen molar-refractivity contribution < 1.29 is 9.59 Å². The van der Waals surface area contributed by atoms with Gasteiger partial charge in [0.1, 0.15) is 0 Å². The third kappa shape index (κ3) is 4.44. The molecule has 1 amide bonds. The van der Waals surface area contributed by atoms with Gasteiger partial charge in [-0.3, -0.25) is 9.59 Å². The second-order valence-electron chi connectivity index (χ2n) is 5.14. The molecule has 110 valence electrons. The fourth-order valence-electron chi connectivity index (χ4n) is 2.46. The zero-order valence-electron chi connectivity index (χ0n) is 12.1. The largest absolute Gasteiger partial charge is 0.345 e. The molecular weight excluding hydrogens is 264 g/mol. The number of amides is 1. The minimum Gasteiger partial charge on any atom is -0.345 e. The van der Waals surface area contributed by atoms with Gasteiger partial charge in [-0.2, -0.15) is 0 Å². The number of carbonyl (C=O) groups excluding carboxylic acids is 2. The van der Waals surface area contributed by atoms with Crippen LogP contribution in [-0.2, 0) is 17.6 Å². The predicted molar refractivity (Wildman–Crippen MR) is 82.1 cm³/mol. The summed E-state index contributed by atoms with van der Waals surface area (Å²) >= 11 is 0. The van der Waals surface area contributed by atoms with Crippen LogP contribution in [0.3, 0.4) is 0 Å². The molecule has 1 aromatic carbocycles. The van der Waals surface area contributed by atoms with E-state index < -0.39 is 0 Å². The van der Waals surface area contributed by atoms with E-state index in [0.29, 0.717) is 5.56 Å². The number of terminal acetylenes is 1. The van der Waals surface area contributed by atoms with Crippen molar-refractivity contribution in [3.63, 3.8) is 0 Å². The molecule has 2 rings (SSSR count). The van der Waals surface area contributed by atoms with Gasteiger partial charge >= 0.3 is 0 Å². The smallest absolute Gasteiger partial charge is 0.221 e. The molecule has 0 unspecified atom stereocenters. The predicted octanol–water partition coefficient (Wildman–Crippen LogP) is 1.09. The Morgan fingerprint density at radius 1 is 1.19 bits per heavy atom. The Labute approximate surface area is 125 Å². The minimum absolute atomic E-state index is 0.00543. The maximum Gasteiger partial charge on any atom is 0.221 e. The third-order valence-electron chi connectivity index (χ3n) is 3.64. The van der Waals surface area contributed by atoms with Gasteiger partial charge in [-0.05, 0) is 43.1 Å². The van der Waals surface area contributed by atoms with E-state index in [0.717, 1.165) is 25.9 Å². The zero-order chi connectivity index (χ0) is 15.1. The average Bonchev–Trinajstić information content (AvgIpc) is 2.74. The Hall–Kier alpha value is -2.12.